The maximum atomic E-state index is 4.26. The van der Waals surface area contributed by atoms with Gasteiger partial charge in [0.25, 0.3) is 0 Å². The van der Waals surface area contributed by atoms with Crippen LogP contribution in [0.5, 0.6) is 0 Å². The number of aryl methyl sites for hydroxylation is 1. The average molecular weight is 277 g/mol. The monoisotopic (exact) mass is 277 g/mol. The maximum Gasteiger partial charge on any atom is 0.151 e. The zero-order valence-electron chi connectivity index (χ0n) is 12.3. The molecular weight excluding hydrogens is 258 g/mol. The number of anilines is 1. The Kier molecular flexibility index (Phi) is 3.82. The summed E-state index contributed by atoms with van der Waals surface area (Å²) in [4.78, 5) is 2.25. The molecule has 1 aliphatic heterocycles. The largest absolute Gasteiger partial charge is 0.351 e. The molecule has 0 amide bonds. The van der Waals surface area contributed by atoms with Gasteiger partial charge in [-0.3, -0.25) is 0 Å². The predicted molar refractivity (Wildman–Crippen MR) is 88.1 cm³/mol. The number of nitrogens with zero attached hydrogens (tertiary/aromatic N) is 3. The fourth-order valence-corrected chi connectivity index (χ4v) is 2.60. The molecule has 0 spiro atoms. The third-order valence-electron chi connectivity index (χ3n) is 3.80. The summed E-state index contributed by atoms with van der Waals surface area (Å²) in [5.41, 5.74) is 4.88. The summed E-state index contributed by atoms with van der Waals surface area (Å²) >= 11 is 0. The first-order valence-electron chi connectivity index (χ1n) is 7.23. The van der Waals surface area contributed by atoms with Gasteiger partial charge in [-0.1, -0.05) is 42.5 Å². The fraction of sp³-hybridized carbons (Fsp3) is 0.222. The molecule has 0 N–H and O–H groups in total. The quantitative estimate of drug-likeness (QED) is 0.856. The Bertz CT molecular complexity index is 671. The second-order valence-corrected chi connectivity index (χ2v) is 5.32. The summed E-state index contributed by atoms with van der Waals surface area (Å²) in [7, 11) is 0. The Morgan fingerprint density at radius 1 is 1.19 bits per heavy atom. The molecule has 0 fully saturated rings. The standard InChI is InChI=1S/C18H19N3/c1-3-17-7-8-18(20-19-17)21-11-9-15(10-12-21)16-6-4-5-14(2)13-16/h3-9,13H,1,10-12H2,2H3. The normalized spacial score (nSPS) is 14.7. The van der Waals surface area contributed by atoms with E-state index in [1.165, 1.54) is 16.7 Å². The van der Waals surface area contributed by atoms with Crippen molar-refractivity contribution >= 4 is 17.5 Å². The van der Waals surface area contributed by atoms with Crippen molar-refractivity contribution in [2.45, 2.75) is 13.3 Å². The van der Waals surface area contributed by atoms with Gasteiger partial charge in [0.2, 0.25) is 0 Å². The summed E-state index contributed by atoms with van der Waals surface area (Å²) in [6.45, 7) is 7.69. The van der Waals surface area contributed by atoms with E-state index in [1.807, 2.05) is 12.1 Å². The number of aromatic nitrogens is 2. The molecule has 21 heavy (non-hydrogen) atoms. The first-order valence-corrected chi connectivity index (χ1v) is 7.23. The summed E-state index contributed by atoms with van der Waals surface area (Å²) in [5, 5.41) is 8.39. The molecule has 0 radical (unpaired) electrons. The molecule has 0 atom stereocenters. The number of hydrogen-bond donors (Lipinski definition) is 0. The van der Waals surface area contributed by atoms with Crippen LogP contribution in [-0.4, -0.2) is 23.3 Å². The van der Waals surface area contributed by atoms with Gasteiger partial charge in [0, 0.05) is 13.1 Å². The van der Waals surface area contributed by atoms with E-state index in [2.05, 4.69) is 58.9 Å². The SMILES string of the molecule is C=Cc1ccc(N2CC=C(c3cccc(C)c3)CC2)nn1. The van der Waals surface area contributed by atoms with E-state index in [0.717, 1.165) is 31.0 Å². The molecular formula is C18H19N3. The van der Waals surface area contributed by atoms with Crippen molar-refractivity contribution in [3.63, 3.8) is 0 Å². The van der Waals surface area contributed by atoms with Gasteiger partial charge in [-0.2, -0.15) is 0 Å². The zero-order chi connectivity index (χ0) is 14.7. The molecule has 2 aromatic rings. The van der Waals surface area contributed by atoms with Gasteiger partial charge in [0.05, 0.1) is 5.69 Å². The van der Waals surface area contributed by atoms with Gasteiger partial charge in [-0.25, -0.2) is 0 Å². The van der Waals surface area contributed by atoms with Crippen LogP contribution in [0.15, 0.2) is 49.1 Å². The molecule has 0 saturated heterocycles. The van der Waals surface area contributed by atoms with Crippen LogP contribution in [0.4, 0.5) is 5.82 Å². The number of hydrogen-bond acceptors (Lipinski definition) is 3. The van der Waals surface area contributed by atoms with Gasteiger partial charge < -0.3 is 4.90 Å². The molecule has 3 rings (SSSR count). The topological polar surface area (TPSA) is 29.0 Å². The van der Waals surface area contributed by atoms with E-state index in [1.54, 1.807) is 6.08 Å². The van der Waals surface area contributed by atoms with Crippen LogP contribution in [0.2, 0.25) is 0 Å². The third kappa shape index (κ3) is 3.02. The lowest BCUT2D eigenvalue weighted by atomic mass is 9.98. The molecule has 0 unspecified atom stereocenters. The highest BCUT2D eigenvalue weighted by molar-refractivity contribution is 5.68. The minimum absolute atomic E-state index is 0.812. The van der Waals surface area contributed by atoms with Crippen molar-refractivity contribution in [1.29, 1.82) is 0 Å². The van der Waals surface area contributed by atoms with E-state index < -0.39 is 0 Å². The molecule has 106 valence electrons. The Labute approximate surface area is 125 Å². The molecule has 2 heterocycles. The summed E-state index contributed by atoms with van der Waals surface area (Å²) in [6, 6.07) is 12.7. The molecule has 3 heteroatoms. The Balaban J connectivity index is 1.75. The van der Waals surface area contributed by atoms with Gasteiger partial charge in [0.15, 0.2) is 5.82 Å². The number of benzene rings is 1. The van der Waals surface area contributed by atoms with Gasteiger partial charge in [-0.05, 0) is 42.7 Å². The first-order chi connectivity index (χ1) is 10.3. The molecule has 1 aromatic heterocycles. The van der Waals surface area contributed by atoms with Crippen LogP contribution < -0.4 is 4.90 Å². The molecule has 0 aliphatic carbocycles. The van der Waals surface area contributed by atoms with Crippen molar-refractivity contribution in [2.75, 3.05) is 18.0 Å². The zero-order valence-corrected chi connectivity index (χ0v) is 12.3. The van der Waals surface area contributed by atoms with Crippen molar-refractivity contribution in [3.05, 3.63) is 65.9 Å². The lowest BCUT2D eigenvalue weighted by molar-refractivity contribution is 0.799. The molecule has 1 aliphatic rings. The molecule has 1 aromatic carbocycles. The average Bonchev–Trinajstić information content (AvgIpc) is 2.55. The van der Waals surface area contributed by atoms with Gasteiger partial charge >= 0.3 is 0 Å². The van der Waals surface area contributed by atoms with E-state index in [0.29, 0.717) is 0 Å². The van der Waals surface area contributed by atoms with E-state index in [9.17, 15) is 0 Å². The molecule has 3 nitrogen and oxygen atoms in total. The highest BCUT2D eigenvalue weighted by Crippen LogP contribution is 2.25. The Morgan fingerprint density at radius 3 is 2.71 bits per heavy atom. The maximum absolute atomic E-state index is 4.26. The van der Waals surface area contributed by atoms with Crippen LogP contribution >= 0.6 is 0 Å². The summed E-state index contributed by atoms with van der Waals surface area (Å²) < 4.78 is 0. The summed E-state index contributed by atoms with van der Waals surface area (Å²) in [5.74, 6) is 0.931. The summed E-state index contributed by atoms with van der Waals surface area (Å²) in [6.07, 6.45) is 5.04. The van der Waals surface area contributed by atoms with E-state index >= 15 is 0 Å². The van der Waals surface area contributed by atoms with Crippen molar-refractivity contribution in [3.8, 4) is 0 Å². The highest BCUT2D eigenvalue weighted by Gasteiger charge is 2.14. The van der Waals surface area contributed by atoms with Crippen LogP contribution in [0, 0.1) is 6.92 Å². The molecule has 0 bridgehead atoms. The highest BCUT2D eigenvalue weighted by atomic mass is 15.3. The van der Waals surface area contributed by atoms with Gasteiger partial charge in [0.1, 0.15) is 0 Å². The lowest BCUT2D eigenvalue weighted by Gasteiger charge is -2.27. The third-order valence-corrected chi connectivity index (χ3v) is 3.80. The minimum Gasteiger partial charge on any atom is -0.351 e. The van der Waals surface area contributed by atoms with Crippen LogP contribution in [0.25, 0.3) is 11.6 Å². The van der Waals surface area contributed by atoms with Crippen LogP contribution in [0.1, 0.15) is 23.2 Å². The van der Waals surface area contributed by atoms with Crippen LogP contribution in [0.3, 0.4) is 0 Å². The van der Waals surface area contributed by atoms with Crippen molar-refractivity contribution in [1.82, 2.24) is 10.2 Å². The smallest absolute Gasteiger partial charge is 0.151 e. The lowest BCUT2D eigenvalue weighted by Crippen LogP contribution is -2.29. The van der Waals surface area contributed by atoms with Crippen molar-refractivity contribution < 1.29 is 0 Å². The molecule has 0 saturated carbocycles. The minimum atomic E-state index is 0.812. The Hall–Kier alpha value is -2.42. The second kappa shape index (κ2) is 5.92. The van der Waals surface area contributed by atoms with E-state index in [4.69, 9.17) is 0 Å². The first kappa shape index (κ1) is 13.6. The number of rotatable bonds is 3. The van der Waals surface area contributed by atoms with Crippen LogP contribution in [-0.2, 0) is 0 Å². The predicted octanol–water partition coefficient (Wildman–Crippen LogP) is 3.72. The fourth-order valence-electron chi connectivity index (χ4n) is 2.60. The Morgan fingerprint density at radius 2 is 2.10 bits per heavy atom. The second-order valence-electron chi connectivity index (χ2n) is 5.32. The van der Waals surface area contributed by atoms with E-state index in [-0.39, 0.29) is 0 Å². The van der Waals surface area contributed by atoms with Crippen molar-refractivity contribution in [2.24, 2.45) is 0 Å². The van der Waals surface area contributed by atoms with Gasteiger partial charge in [-0.15, -0.1) is 10.2 Å².